The second-order valence-electron chi connectivity index (χ2n) is 5.26. The monoisotopic (exact) mass is 369 g/mol. The van der Waals surface area contributed by atoms with E-state index in [1.54, 1.807) is 24.1 Å². The smallest absolute Gasteiger partial charge is 0.234 e. The van der Waals surface area contributed by atoms with Gasteiger partial charge < -0.3 is 24.4 Å². The summed E-state index contributed by atoms with van der Waals surface area (Å²) in [5.74, 6) is 0.843. The van der Waals surface area contributed by atoms with Crippen molar-refractivity contribution in [3.05, 3.63) is 18.3 Å². The van der Waals surface area contributed by atoms with E-state index in [0.29, 0.717) is 51.1 Å². The average Bonchev–Trinajstić information content (AvgIpc) is 2.64. The number of thioether (sulfide) groups is 1. The number of aromatic nitrogens is 1. The summed E-state index contributed by atoms with van der Waals surface area (Å²) in [5, 5.41) is 2.74. The van der Waals surface area contributed by atoms with Gasteiger partial charge in [0.25, 0.3) is 0 Å². The van der Waals surface area contributed by atoms with Gasteiger partial charge in [0.1, 0.15) is 6.61 Å². The molecule has 1 aromatic heterocycles. The SMILES string of the molecule is COCCOc1ccc(NC(=O)CSCC(=O)N2CCOCC2)cn1. The van der Waals surface area contributed by atoms with Gasteiger partial charge in [0.2, 0.25) is 17.7 Å². The fraction of sp³-hybridized carbons (Fsp3) is 0.562. The fourth-order valence-electron chi connectivity index (χ4n) is 2.10. The Morgan fingerprint density at radius 1 is 1.28 bits per heavy atom. The van der Waals surface area contributed by atoms with Crippen LogP contribution in [0.4, 0.5) is 5.69 Å². The summed E-state index contributed by atoms with van der Waals surface area (Å²) < 4.78 is 15.4. The second kappa shape index (κ2) is 10.9. The minimum Gasteiger partial charge on any atom is -0.475 e. The highest BCUT2D eigenvalue weighted by Gasteiger charge is 2.16. The van der Waals surface area contributed by atoms with E-state index in [-0.39, 0.29) is 23.3 Å². The van der Waals surface area contributed by atoms with E-state index in [0.717, 1.165) is 0 Å². The summed E-state index contributed by atoms with van der Waals surface area (Å²) >= 11 is 1.30. The molecule has 0 radical (unpaired) electrons. The maximum atomic E-state index is 12.0. The van der Waals surface area contributed by atoms with Crippen LogP contribution in [-0.4, -0.2) is 79.8 Å². The van der Waals surface area contributed by atoms with Gasteiger partial charge in [-0.05, 0) is 6.07 Å². The number of anilines is 1. The Hall–Kier alpha value is -1.84. The zero-order valence-electron chi connectivity index (χ0n) is 14.2. The molecule has 1 fully saturated rings. The molecular formula is C16H23N3O5S. The molecule has 2 amide bonds. The topological polar surface area (TPSA) is 90.0 Å². The van der Waals surface area contributed by atoms with Gasteiger partial charge in [-0.1, -0.05) is 0 Å². The van der Waals surface area contributed by atoms with Crippen molar-refractivity contribution in [2.24, 2.45) is 0 Å². The number of ether oxygens (including phenoxy) is 3. The first-order valence-electron chi connectivity index (χ1n) is 8.00. The Kier molecular flexibility index (Phi) is 8.50. The van der Waals surface area contributed by atoms with Crippen molar-refractivity contribution in [2.75, 3.05) is 63.4 Å². The number of rotatable bonds is 9. The molecule has 1 saturated heterocycles. The average molecular weight is 369 g/mol. The van der Waals surface area contributed by atoms with Gasteiger partial charge >= 0.3 is 0 Å². The van der Waals surface area contributed by atoms with Gasteiger partial charge in [0.05, 0.1) is 43.2 Å². The molecule has 0 aliphatic carbocycles. The molecule has 1 aliphatic heterocycles. The Morgan fingerprint density at radius 2 is 2.08 bits per heavy atom. The lowest BCUT2D eigenvalue weighted by molar-refractivity contribution is -0.132. The molecule has 0 spiro atoms. The predicted molar refractivity (Wildman–Crippen MR) is 95.0 cm³/mol. The van der Waals surface area contributed by atoms with Crippen LogP contribution in [0.3, 0.4) is 0 Å². The Balaban J connectivity index is 1.65. The van der Waals surface area contributed by atoms with Crippen LogP contribution in [0.5, 0.6) is 5.88 Å². The van der Waals surface area contributed by atoms with Gasteiger partial charge in [-0.15, -0.1) is 11.8 Å². The van der Waals surface area contributed by atoms with E-state index in [2.05, 4.69) is 10.3 Å². The molecule has 0 bridgehead atoms. The predicted octanol–water partition coefficient (Wildman–Crippen LogP) is 0.637. The second-order valence-corrected chi connectivity index (χ2v) is 6.25. The van der Waals surface area contributed by atoms with Crippen molar-refractivity contribution in [2.45, 2.75) is 0 Å². The number of hydrogen-bond acceptors (Lipinski definition) is 7. The lowest BCUT2D eigenvalue weighted by Gasteiger charge is -2.26. The number of amides is 2. The molecule has 1 N–H and O–H groups in total. The van der Waals surface area contributed by atoms with Crippen LogP contribution >= 0.6 is 11.8 Å². The van der Waals surface area contributed by atoms with Crippen molar-refractivity contribution in [1.82, 2.24) is 9.88 Å². The summed E-state index contributed by atoms with van der Waals surface area (Å²) in [6, 6.07) is 3.40. The van der Waals surface area contributed by atoms with Crippen molar-refractivity contribution in [1.29, 1.82) is 0 Å². The van der Waals surface area contributed by atoms with Crippen molar-refractivity contribution >= 4 is 29.3 Å². The summed E-state index contributed by atoms with van der Waals surface area (Å²) in [6.07, 6.45) is 1.53. The van der Waals surface area contributed by atoms with Crippen LogP contribution < -0.4 is 10.1 Å². The molecule has 0 unspecified atom stereocenters. The Bertz CT molecular complexity index is 549. The van der Waals surface area contributed by atoms with Crippen LogP contribution in [0.15, 0.2) is 18.3 Å². The highest BCUT2D eigenvalue weighted by molar-refractivity contribution is 8.00. The van der Waals surface area contributed by atoms with Crippen LogP contribution in [0.2, 0.25) is 0 Å². The molecule has 0 aromatic carbocycles. The van der Waals surface area contributed by atoms with Crippen LogP contribution in [-0.2, 0) is 19.1 Å². The van der Waals surface area contributed by atoms with Crippen molar-refractivity contribution in [3.8, 4) is 5.88 Å². The summed E-state index contributed by atoms with van der Waals surface area (Å²) in [5.41, 5.74) is 0.587. The third-order valence-corrected chi connectivity index (χ3v) is 4.30. The number of carbonyl (C=O) groups is 2. The molecule has 0 saturated carbocycles. The third kappa shape index (κ3) is 7.29. The number of nitrogens with one attached hydrogen (secondary N) is 1. The van der Waals surface area contributed by atoms with E-state index in [1.807, 2.05) is 0 Å². The van der Waals surface area contributed by atoms with Gasteiger partial charge in [-0.2, -0.15) is 0 Å². The van der Waals surface area contributed by atoms with Crippen molar-refractivity contribution in [3.63, 3.8) is 0 Å². The minimum absolute atomic E-state index is 0.0420. The highest BCUT2D eigenvalue weighted by Crippen LogP contribution is 2.12. The highest BCUT2D eigenvalue weighted by atomic mass is 32.2. The fourth-order valence-corrected chi connectivity index (χ4v) is 2.82. The first kappa shape index (κ1) is 19.5. The molecule has 1 aromatic rings. The first-order chi connectivity index (χ1) is 12.2. The zero-order chi connectivity index (χ0) is 17.9. The summed E-state index contributed by atoms with van der Waals surface area (Å²) in [6.45, 7) is 3.31. The molecular weight excluding hydrogens is 346 g/mol. The molecule has 2 heterocycles. The quantitative estimate of drug-likeness (QED) is 0.639. The third-order valence-electron chi connectivity index (χ3n) is 3.38. The lowest BCUT2D eigenvalue weighted by Crippen LogP contribution is -2.41. The molecule has 25 heavy (non-hydrogen) atoms. The van der Waals surface area contributed by atoms with E-state index < -0.39 is 0 Å². The minimum atomic E-state index is -0.172. The molecule has 2 rings (SSSR count). The van der Waals surface area contributed by atoms with Crippen LogP contribution in [0.1, 0.15) is 0 Å². The van der Waals surface area contributed by atoms with Gasteiger partial charge in [-0.25, -0.2) is 4.98 Å². The summed E-state index contributed by atoms with van der Waals surface area (Å²) in [4.78, 5) is 29.7. The van der Waals surface area contributed by atoms with Crippen LogP contribution in [0.25, 0.3) is 0 Å². The molecule has 9 heteroatoms. The van der Waals surface area contributed by atoms with Crippen molar-refractivity contribution < 1.29 is 23.8 Å². The number of hydrogen-bond donors (Lipinski definition) is 1. The molecule has 138 valence electrons. The summed E-state index contributed by atoms with van der Waals surface area (Å²) in [7, 11) is 1.60. The van der Waals surface area contributed by atoms with E-state index >= 15 is 0 Å². The number of methoxy groups -OCH3 is 1. The number of pyridine rings is 1. The van der Waals surface area contributed by atoms with E-state index in [4.69, 9.17) is 14.2 Å². The maximum Gasteiger partial charge on any atom is 0.234 e. The zero-order valence-corrected chi connectivity index (χ0v) is 15.0. The Labute approximate surface area is 151 Å². The largest absolute Gasteiger partial charge is 0.475 e. The van der Waals surface area contributed by atoms with E-state index in [9.17, 15) is 9.59 Å². The Morgan fingerprint density at radius 3 is 2.76 bits per heavy atom. The molecule has 8 nitrogen and oxygen atoms in total. The standard InChI is InChI=1S/C16H23N3O5S/c1-22-8-9-24-15-3-2-13(10-17-15)18-14(20)11-25-12-16(21)19-4-6-23-7-5-19/h2-3,10H,4-9,11-12H2,1H3,(H,18,20). The normalized spacial score (nSPS) is 14.2. The molecule has 0 atom stereocenters. The van der Waals surface area contributed by atoms with Gasteiger partial charge in [0, 0.05) is 26.3 Å². The number of morpholine rings is 1. The van der Waals surface area contributed by atoms with Gasteiger partial charge in [-0.3, -0.25) is 9.59 Å². The number of nitrogens with zero attached hydrogens (tertiary/aromatic N) is 2. The molecule has 1 aliphatic rings. The number of carbonyl (C=O) groups excluding carboxylic acids is 2. The van der Waals surface area contributed by atoms with E-state index in [1.165, 1.54) is 18.0 Å². The lowest BCUT2D eigenvalue weighted by atomic mass is 10.4. The van der Waals surface area contributed by atoms with Crippen LogP contribution in [0, 0.1) is 0 Å². The first-order valence-corrected chi connectivity index (χ1v) is 9.15. The van der Waals surface area contributed by atoms with Gasteiger partial charge in [0.15, 0.2) is 0 Å². The maximum absolute atomic E-state index is 12.0.